The second-order valence-electron chi connectivity index (χ2n) is 10.8. The van der Waals surface area contributed by atoms with Gasteiger partial charge in [-0.2, -0.15) is 0 Å². The zero-order valence-corrected chi connectivity index (χ0v) is 19.6. The van der Waals surface area contributed by atoms with Gasteiger partial charge in [0.25, 0.3) is 5.56 Å². The van der Waals surface area contributed by atoms with E-state index in [1.807, 2.05) is 28.8 Å². The lowest BCUT2D eigenvalue weighted by Crippen LogP contribution is -2.52. The van der Waals surface area contributed by atoms with Crippen LogP contribution in [0.25, 0.3) is 11.0 Å². The molecule has 33 heavy (non-hydrogen) atoms. The van der Waals surface area contributed by atoms with Crippen molar-refractivity contribution in [2.75, 3.05) is 6.61 Å². The minimum absolute atomic E-state index is 0.0783. The highest BCUT2D eigenvalue weighted by Crippen LogP contribution is 2.48. The Morgan fingerprint density at radius 2 is 1.64 bits per heavy atom. The number of benzene rings is 1. The molecule has 0 spiro atoms. The van der Waals surface area contributed by atoms with E-state index in [1.165, 1.54) is 51.4 Å². The van der Waals surface area contributed by atoms with Crippen LogP contribution in [-0.4, -0.2) is 45.2 Å². The summed E-state index contributed by atoms with van der Waals surface area (Å²) < 4.78 is 7.05. The zero-order chi connectivity index (χ0) is 22.5. The number of carbonyl (C=O) groups is 1. The van der Waals surface area contributed by atoms with Gasteiger partial charge in [0.2, 0.25) is 5.69 Å². The Bertz CT molecular complexity index is 1090. The SMILES string of the molecule is CCOC(=O)c1nc2ccccc2n([C@H]2C[C@H]3CC[C@@H](C2)N3[C@@H]2C[C@@H]3CCC[C@@H](C3)C2)c1=O. The lowest BCUT2D eigenvalue weighted by molar-refractivity contribution is 0.00784. The minimum Gasteiger partial charge on any atom is -0.461 e. The lowest BCUT2D eigenvalue weighted by atomic mass is 9.69. The number of rotatable bonds is 4. The molecule has 4 aliphatic rings. The van der Waals surface area contributed by atoms with Gasteiger partial charge in [-0.25, -0.2) is 9.78 Å². The fourth-order valence-electron chi connectivity index (χ4n) is 7.78. The van der Waals surface area contributed by atoms with Crippen molar-refractivity contribution >= 4 is 17.0 Å². The maximum absolute atomic E-state index is 13.5. The van der Waals surface area contributed by atoms with Crippen LogP contribution in [0.4, 0.5) is 0 Å². The fourth-order valence-corrected chi connectivity index (χ4v) is 7.78. The number of piperidine rings is 1. The molecule has 0 unspecified atom stereocenters. The summed E-state index contributed by atoms with van der Waals surface area (Å²) in [5.41, 5.74) is 1.15. The van der Waals surface area contributed by atoms with E-state index in [-0.39, 0.29) is 23.9 Å². The molecule has 2 saturated carbocycles. The average molecular weight is 450 g/mol. The van der Waals surface area contributed by atoms with Crippen LogP contribution in [0.1, 0.15) is 87.7 Å². The van der Waals surface area contributed by atoms with Gasteiger partial charge >= 0.3 is 5.97 Å². The molecule has 2 saturated heterocycles. The summed E-state index contributed by atoms with van der Waals surface area (Å²) in [7, 11) is 0. The Kier molecular flexibility index (Phi) is 5.52. The molecule has 6 heteroatoms. The summed E-state index contributed by atoms with van der Waals surface area (Å²) in [6.45, 7) is 1.99. The van der Waals surface area contributed by atoms with Gasteiger partial charge in [-0.15, -0.1) is 0 Å². The van der Waals surface area contributed by atoms with Crippen LogP contribution in [0.15, 0.2) is 29.1 Å². The molecule has 0 N–H and O–H groups in total. The van der Waals surface area contributed by atoms with Crippen molar-refractivity contribution in [3.63, 3.8) is 0 Å². The smallest absolute Gasteiger partial charge is 0.362 e. The molecule has 6 atom stereocenters. The Labute approximate surface area is 195 Å². The van der Waals surface area contributed by atoms with E-state index < -0.39 is 5.97 Å². The van der Waals surface area contributed by atoms with E-state index >= 15 is 0 Å². The third-order valence-corrected chi connectivity index (χ3v) is 8.92. The zero-order valence-electron chi connectivity index (χ0n) is 19.6. The second-order valence-corrected chi connectivity index (χ2v) is 10.8. The van der Waals surface area contributed by atoms with E-state index in [2.05, 4.69) is 9.88 Å². The summed E-state index contributed by atoms with van der Waals surface area (Å²) in [5.74, 6) is 1.24. The standard InChI is InChI=1S/C27H35N3O3/c1-2-33-27(32)25-26(31)30(24-9-4-3-8-23(24)28-25)22-15-19-10-11-20(16-22)29(19)21-13-17-6-5-7-18(12-17)14-21/h3-4,8-9,17-22H,2,5-7,10-16H2,1H3/t17-,18+,19-,20+,21-,22+. The van der Waals surface area contributed by atoms with E-state index in [1.54, 1.807) is 6.92 Å². The molecule has 4 fully saturated rings. The van der Waals surface area contributed by atoms with E-state index in [0.29, 0.717) is 17.6 Å². The third kappa shape index (κ3) is 3.71. The average Bonchev–Trinajstić information content (AvgIpc) is 3.08. The first-order valence-corrected chi connectivity index (χ1v) is 13.1. The molecule has 2 aliphatic carbocycles. The largest absolute Gasteiger partial charge is 0.461 e. The predicted molar refractivity (Wildman–Crippen MR) is 127 cm³/mol. The summed E-state index contributed by atoms with van der Waals surface area (Å²) in [6.07, 6.45) is 12.9. The molecule has 6 nitrogen and oxygen atoms in total. The fraction of sp³-hybridized carbons (Fsp3) is 0.667. The molecule has 2 aromatic rings. The van der Waals surface area contributed by atoms with Gasteiger partial charge in [-0.1, -0.05) is 31.4 Å². The summed E-state index contributed by atoms with van der Waals surface area (Å²) >= 11 is 0. The molecule has 3 heterocycles. The minimum atomic E-state index is -0.615. The molecule has 1 aromatic carbocycles. The third-order valence-electron chi connectivity index (χ3n) is 8.92. The Hall–Kier alpha value is -2.21. The molecule has 176 valence electrons. The maximum Gasteiger partial charge on any atom is 0.362 e. The molecule has 6 rings (SSSR count). The molecule has 2 aliphatic heterocycles. The number of nitrogens with zero attached hydrogens (tertiary/aromatic N) is 3. The van der Waals surface area contributed by atoms with Crippen LogP contribution >= 0.6 is 0 Å². The lowest BCUT2D eigenvalue weighted by Gasteiger charge is -2.49. The quantitative estimate of drug-likeness (QED) is 0.633. The van der Waals surface area contributed by atoms with Crippen molar-refractivity contribution in [3.8, 4) is 0 Å². The topological polar surface area (TPSA) is 64.4 Å². The molecule has 0 amide bonds. The number of hydrogen-bond donors (Lipinski definition) is 0. The van der Waals surface area contributed by atoms with Gasteiger partial charge in [0.15, 0.2) is 0 Å². The maximum atomic E-state index is 13.5. The molecular formula is C27H35N3O3. The van der Waals surface area contributed by atoms with E-state index in [9.17, 15) is 9.59 Å². The highest BCUT2D eigenvalue weighted by Gasteiger charge is 2.47. The number of esters is 1. The Morgan fingerprint density at radius 1 is 0.939 bits per heavy atom. The van der Waals surface area contributed by atoms with Gasteiger partial charge in [0.1, 0.15) is 0 Å². The van der Waals surface area contributed by atoms with Gasteiger partial charge < -0.3 is 9.30 Å². The van der Waals surface area contributed by atoms with Crippen molar-refractivity contribution in [1.29, 1.82) is 0 Å². The van der Waals surface area contributed by atoms with E-state index in [4.69, 9.17) is 4.74 Å². The summed E-state index contributed by atoms with van der Waals surface area (Å²) in [5, 5.41) is 0. The number of aromatic nitrogens is 2. The molecule has 1 aromatic heterocycles. The van der Waals surface area contributed by atoms with Crippen LogP contribution < -0.4 is 5.56 Å². The number of para-hydroxylation sites is 2. The monoisotopic (exact) mass is 449 g/mol. The highest BCUT2D eigenvalue weighted by molar-refractivity contribution is 5.89. The van der Waals surface area contributed by atoms with Crippen molar-refractivity contribution in [1.82, 2.24) is 14.5 Å². The van der Waals surface area contributed by atoms with Gasteiger partial charge in [-0.3, -0.25) is 9.69 Å². The Balaban J connectivity index is 1.32. The number of ether oxygens (including phenoxy) is 1. The normalized spacial score (nSPS) is 33.8. The predicted octanol–water partition coefficient (Wildman–Crippen LogP) is 4.71. The highest BCUT2D eigenvalue weighted by atomic mass is 16.5. The van der Waals surface area contributed by atoms with Crippen LogP contribution in [0.2, 0.25) is 0 Å². The van der Waals surface area contributed by atoms with Gasteiger partial charge in [0.05, 0.1) is 17.6 Å². The first-order chi connectivity index (χ1) is 16.1. The van der Waals surface area contributed by atoms with Gasteiger partial charge in [-0.05, 0) is 75.8 Å². The van der Waals surface area contributed by atoms with Crippen LogP contribution in [0.5, 0.6) is 0 Å². The van der Waals surface area contributed by atoms with Crippen molar-refractivity contribution in [2.24, 2.45) is 11.8 Å². The molecule has 4 bridgehead atoms. The van der Waals surface area contributed by atoms with Crippen LogP contribution in [0.3, 0.4) is 0 Å². The Morgan fingerprint density at radius 3 is 2.33 bits per heavy atom. The van der Waals surface area contributed by atoms with Crippen LogP contribution in [-0.2, 0) is 4.74 Å². The number of fused-ring (bicyclic) bond motifs is 5. The summed E-state index contributed by atoms with van der Waals surface area (Å²) in [6, 6.07) is 9.64. The van der Waals surface area contributed by atoms with Crippen LogP contribution in [0, 0.1) is 11.8 Å². The first kappa shape index (κ1) is 21.3. The van der Waals surface area contributed by atoms with Crippen molar-refractivity contribution < 1.29 is 9.53 Å². The van der Waals surface area contributed by atoms with Crippen molar-refractivity contribution in [2.45, 2.75) is 95.3 Å². The number of carbonyl (C=O) groups excluding carboxylic acids is 1. The first-order valence-electron chi connectivity index (χ1n) is 13.1. The number of hydrogen-bond acceptors (Lipinski definition) is 5. The van der Waals surface area contributed by atoms with E-state index in [0.717, 1.165) is 36.2 Å². The van der Waals surface area contributed by atoms with Gasteiger partial charge in [0, 0.05) is 24.2 Å². The molecule has 0 radical (unpaired) electrons. The summed E-state index contributed by atoms with van der Waals surface area (Å²) in [4.78, 5) is 33.3. The molecular weight excluding hydrogens is 414 g/mol. The second kappa shape index (κ2) is 8.53. The van der Waals surface area contributed by atoms with Crippen molar-refractivity contribution in [3.05, 3.63) is 40.3 Å².